The summed E-state index contributed by atoms with van der Waals surface area (Å²) in [6.45, 7) is 3.50. The second-order valence-electron chi connectivity index (χ2n) is 5.22. The lowest BCUT2D eigenvalue weighted by Gasteiger charge is -2.20. The number of benzene rings is 1. The molecule has 1 unspecified atom stereocenters. The molecule has 5 nitrogen and oxygen atoms in total. The van der Waals surface area contributed by atoms with E-state index in [0.29, 0.717) is 12.1 Å². The van der Waals surface area contributed by atoms with E-state index in [1.165, 1.54) is 35.8 Å². The monoisotopic (exact) mass is 318 g/mol. The van der Waals surface area contributed by atoms with E-state index in [-0.39, 0.29) is 5.91 Å². The fourth-order valence-electron chi connectivity index (χ4n) is 1.89. The highest BCUT2D eigenvalue weighted by atomic mass is 32.1. The number of hydrogen-bond donors (Lipinski definition) is 1. The first-order chi connectivity index (χ1) is 10.4. The van der Waals surface area contributed by atoms with Crippen LogP contribution in [0.25, 0.3) is 0 Å². The first kappa shape index (κ1) is 16.2. The molecule has 0 aliphatic rings. The number of aryl methyl sites for hydroxylation is 1. The van der Waals surface area contributed by atoms with Gasteiger partial charge in [0.05, 0.1) is 5.01 Å². The van der Waals surface area contributed by atoms with Crippen molar-refractivity contribution < 1.29 is 14.7 Å². The first-order valence-corrected chi connectivity index (χ1v) is 7.76. The number of carboxylic acid groups (broad SMARTS) is 1. The third-order valence-corrected chi connectivity index (χ3v) is 4.35. The number of thiazole rings is 1. The maximum atomic E-state index is 12.2. The van der Waals surface area contributed by atoms with Gasteiger partial charge in [0, 0.05) is 18.8 Å². The largest absolute Gasteiger partial charge is 0.480 e. The number of nitrogens with zero attached hydrogens (tertiary/aromatic N) is 2. The second kappa shape index (κ2) is 6.70. The fraction of sp³-hybridized carbons (Fsp3) is 0.312. The molecule has 116 valence electrons. The summed E-state index contributed by atoms with van der Waals surface area (Å²) in [5, 5.41) is 11.5. The van der Waals surface area contributed by atoms with Gasteiger partial charge < -0.3 is 10.0 Å². The predicted octanol–water partition coefficient (Wildman–Crippen LogP) is 2.59. The number of rotatable bonds is 5. The van der Waals surface area contributed by atoms with Gasteiger partial charge in [-0.05, 0) is 19.4 Å². The fourth-order valence-corrected chi connectivity index (χ4v) is 2.70. The summed E-state index contributed by atoms with van der Waals surface area (Å²) >= 11 is 1.41. The van der Waals surface area contributed by atoms with Crippen molar-refractivity contribution in [3.05, 3.63) is 51.5 Å². The molecule has 0 radical (unpaired) electrons. The molecule has 0 fully saturated rings. The van der Waals surface area contributed by atoms with Crippen molar-refractivity contribution in [1.29, 1.82) is 0 Å². The summed E-state index contributed by atoms with van der Waals surface area (Å²) in [5.41, 5.74) is 2.62. The number of carbonyl (C=O) groups excluding carboxylic acids is 1. The minimum absolute atomic E-state index is 0.294. The molecule has 1 N–H and O–H groups in total. The molecule has 6 heteroatoms. The molecule has 0 saturated heterocycles. The summed E-state index contributed by atoms with van der Waals surface area (Å²) in [6, 6.07) is 7.28. The Labute approximate surface area is 133 Å². The zero-order valence-electron chi connectivity index (χ0n) is 12.7. The zero-order valence-corrected chi connectivity index (χ0v) is 13.6. The highest BCUT2D eigenvalue weighted by Gasteiger charge is 2.24. The number of amides is 1. The summed E-state index contributed by atoms with van der Waals surface area (Å²) in [4.78, 5) is 28.7. The van der Waals surface area contributed by atoms with E-state index < -0.39 is 12.0 Å². The molecule has 1 atom stereocenters. The molecule has 2 rings (SSSR count). The Morgan fingerprint density at radius 2 is 1.95 bits per heavy atom. The van der Waals surface area contributed by atoms with Gasteiger partial charge in [-0.25, -0.2) is 9.78 Å². The third kappa shape index (κ3) is 3.71. The van der Waals surface area contributed by atoms with E-state index in [0.717, 1.165) is 10.6 Å². The van der Waals surface area contributed by atoms with Gasteiger partial charge >= 0.3 is 5.97 Å². The lowest BCUT2D eigenvalue weighted by atomic mass is 10.1. The highest BCUT2D eigenvalue weighted by Crippen LogP contribution is 2.17. The Hall–Kier alpha value is -2.21. The smallest absolute Gasteiger partial charge is 0.326 e. The molecule has 2 aromatic rings. The van der Waals surface area contributed by atoms with Crippen molar-refractivity contribution in [3.63, 3.8) is 0 Å². The van der Waals surface area contributed by atoms with Crippen molar-refractivity contribution in [2.24, 2.45) is 0 Å². The average Bonchev–Trinajstić information content (AvgIpc) is 2.95. The Morgan fingerprint density at radius 1 is 1.32 bits per heavy atom. The number of carboxylic acids is 1. The van der Waals surface area contributed by atoms with Gasteiger partial charge in [-0.1, -0.05) is 29.8 Å². The molecule has 22 heavy (non-hydrogen) atoms. The van der Waals surface area contributed by atoms with Crippen LogP contribution in [0.5, 0.6) is 0 Å². The molecule has 0 bridgehead atoms. The third-order valence-electron chi connectivity index (χ3n) is 3.51. The Kier molecular flexibility index (Phi) is 4.92. The van der Waals surface area contributed by atoms with Crippen LogP contribution in [0.3, 0.4) is 0 Å². The summed E-state index contributed by atoms with van der Waals surface area (Å²) in [7, 11) is 1.47. The first-order valence-electron chi connectivity index (χ1n) is 6.88. The molecular formula is C16H18N2O3S. The number of likely N-dealkylation sites (N-methyl/N-ethyl adjacent to an activating group) is 1. The quantitative estimate of drug-likeness (QED) is 0.920. The maximum Gasteiger partial charge on any atom is 0.326 e. The van der Waals surface area contributed by atoms with Crippen LogP contribution in [-0.4, -0.2) is 40.0 Å². The average molecular weight is 318 g/mol. The minimum atomic E-state index is -1.04. The lowest BCUT2D eigenvalue weighted by molar-refractivity contribution is -0.141. The molecule has 1 aromatic carbocycles. The zero-order chi connectivity index (χ0) is 16.3. The topological polar surface area (TPSA) is 70.5 Å². The van der Waals surface area contributed by atoms with Crippen LogP contribution in [0, 0.1) is 6.92 Å². The molecule has 1 heterocycles. The van der Waals surface area contributed by atoms with E-state index >= 15 is 0 Å². The van der Waals surface area contributed by atoms with Crippen LogP contribution < -0.4 is 0 Å². The van der Waals surface area contributed by atoms with Crippen molar-refractivity contribution in [1.82, 2.24) is 9.88 Å². The number of carbonyl (C=O) groups is 2. The minimum Gasteiger partial charge on any atom is -0.480 e. The standard InChI is InChI=1S/C16H18N2O3S/c1-10-4-6-12(7-5-10)8-14-17-13(9-22-14)15(19)18(3)11(2)16(20)21/h4-7,9,11H,8H2,1-3H3,(H,20,21). The van der Waals surface area contributed by atoms with Gasteiger partial charge in [0.2, 0.25) is 0 Å². The number of aliphatic carboxylic acids is 1. The van der Waals surface area contributed by atoms with E-state index in [1.807, 2.05) is 31.2 Å². The van der Waals surface area contributed by atoms with Gasteiger partial charge in [0.25, 0.3) is 5.91 Å². The summed E-state index contributed by atoms with van der Waals surface area (Å²) in [5.74, 6) is -1.41. The Bertz CT molecular complexity index is 679. The molecular weight excluding hydrogens is 300 g/mol. The van der Waals surface area contributed by atoms with Crippen LogP contribution in [0.1, 0.15) is 33.5 Å². The van der Waals surface area contributed by atoms with E-state index in [4.69, 9.17) is 5.11 Å². The number of hydrogen-bond acceptors (Lipinski definition) is 4. The van der Waals surface area contributed by atoms with Crippen molar-refractivity contribution in [3.8, 4) is 0 Å². The highest BCUT2D eigenvalue weighted by molar-refractivity contribution is 7.09. The predicted molar refractivity (Wildman–Crippen MR) is 85.3 cm³/mol. The maximum absolute atomic E-state index is 12.2. The second-order valence-corrected chi connectivity index (χ2v) is 6.16. The van der Waals surface area contributed by atoms with Gasteiger partial charge in [-0.3, -0.25) is 4.79 Å². The van der Waals surface area contributed by atoms with Crippen molar-refractivity contribution in [2.45, 2.75) is 26.3 Å². The van der Waals surface area contributed by atoms with Gasteiger partial charge in [0.1, 0.15) is 11.7 Å². The summed E-state index contributed by atoms with van der Waals surface area (Å²) in [6.07, 6.45) is 0.663. The SMILES string of the molecule is Cc1ccc(Cc2nc(C(=O)N(C)C(C)C(=O)O)cs2)cc1. The number of aromatic nitrogens is 1. The Balaban J connectivity index is 2.09. The van der Waals surface area contributed by atoms with Crippen LogP contribution in [0.4, 0.5) is 0 Å². The molecule has 0 spiro atoms. The van der Waals surface area contributed by atoms with Crippen LogP contribution in [-0.2, 0) is 11.2 Å². The Morgan fingerprint density at radius 3 is 2.55 bits per heavy atom. The van der Waals surface area contributed by atoms with Crippen LogP contribution >= 0.6 is 11.3 Å². The molecule has 0 aliphatic carbocycles. The molecule has 1 amide bonds. The van der Waals surface area contributed by atoms with Crippen molar-refractivity contribution in [2.75, 3.05) is 7.05 Å². The lowest BCUT2D eigenvalue weighted by Crippen LogP contribution is -2.40. The van der Waals surface area contributed by atoms with Crippen LogP contribution in [0.2, 0.25) is 0 Å². The summed E-state index contributed by atoms with van der Waals surface area (Å²) < 4.78 is 0. The van der Waals surface area contributed by atoms with E-state index in [9.17, 15) is 9.59 Å². The molecule has 0 aliphatic heterocycles. The van der Waals surface area contributed by atoms with Gasteiger partial charge in [-0.2, -0.15) is 0 Å². The molecule has 0 saturated carbocycles. The van der Waals surface area contributed by atoms with E-state index in [1.54, 1.807) is 5.38 Å². The van der Waals surface area contributed by atoms with Gasteiger partial charge in [0.15, 0.2) is 0 Å². The normalized spacial score (nSPS) is 12.0. The van der Waals surface area contributed by atoms with E-state index in [2.05, 4.69) is 4.98 Å². The van der Waals surface area contributed by atoms with Crippen molar-refractivity contribution >= 4 is 23.2 Å². The van der Waals surface area contributed by atoms with Crippen LogP contribution in [0.15, 0.2) is 29.6 Å². The van der Waals surface area contributed by atoms with Gasteiger partial charge in [-0.15, -0.1) is 11.3 Å². The molecule has 1 aromatic heterocycles.